The van der Waals surface area contributed by atoms with Gasteiger partial charge in [-0.25, -0.2) is 0 Å². The minimum absolute atomic E-state index is 0.460. The van der Waals surface area contributed by atoms with E-state index in [1.54, 1.807) is 0 Å². The van der Waals surface area contributed by atoms with E-state index >= 15 is 0 Å². The van der Waals surface area contributed by atoms with Gasteiger partial charge in [-0.05, 0) is 44.5 Å². The van der Waals surface area contributed by atoms with Gasteiger partial charge >= 0.3 is 0 Å². The van der Waals surface area contributed by atoms with E-state index in [2.05, 4.69) is 156 Å². The lowest BCUT2D eigenvalue weighted by molar-refractivity contribution is 1.16. The summed E-state index contributed by atoms with van der Waals surface area (Å²) >= 11 is 0. The maximum absolute atomic E-state index is 10.8. The van der Waals surface area contributed by atoms with Gasteiger partial charge in [-0.1, -0.05) is 158 Å². The fourth-order valence-electron chi connectivity index (χ4n) is 7.40. The third kappa shape index (κ3) is 4.48. The van der Waals surface area contributed by atoms with Crippen LogP contribution in [-0.4, -0.2) is 12.6 Å². The molecule has 7 aromatic carbocycles. The molecule has 0 atom stereocenters. The van der Waals surface area contributed by atoms with E-state index in [0.717, 1.165) is 32.9 Å². The summed E-state index contributed by atoms with van der Waals surface area (Å²) in [4.78, 5) is 0. The minimum Gasteiger partial charge on any atom is -0.307 e. The van der Waals surface area contributed by atoms with Crippen molar-refractivity contribution in [2.75, 3.05) is 0 Å². The van der Waals surface area contributed by atoms with Crippen LogP contribution in [0, 0.1) is 22.7 Å². The summed E-state index contributed by atoms with van der Waals surface area (Å²) < 4.78 is 2.08. The molecule has 48 heavy (non-hydrogen) atoms. The molecule has 0 radical (unpaired) electrons. The van der Waals surface area contributed by atoms with Gasteiger partial charge < -0.3 is 4.57 Å². The molecule has 0 saturated heterocycles. The molecule has 1 aromatic heterocycles. The van der Waals surface area contributed by atoms with Crippen LogP contribution in [0.5, 0.6) is 0 Å². The molecule has 8 rings (SSSR count). The Kier molecular flexibility index (Phi) is 7.27. The van der Waals surface area contributed by atoms with Gasteiger partial charge in [-0.15, -0.1) is 0 Å². The molecule has 1 heterocycles. The zero-order valence-corrected chi connectivity index (χ0v) is 27.1. The Morgan fingerprint density at radius 2 is 0.854 bits per heavy atom. The van der Waals surface area contributed by atoms with Gasteiger partial charge in [0, 0.05) is 16.3 Å². The van der Waals surface area contributed by atoms with Crippen molar-refractivity contribution in [2.24, 2.45) is 0 Å². The summed E-state index contributed by atoms with van der Waals surface area (Å²) in [5.74, 6) is 0. The van der Waals surface area contributed by atoms with E-state index in [1.165, 1.54) is 20.7 Å². The van der Waals surface area contributed by atoms with Crippen LogP contribution < -0.4 is 20.7 Å². The zero-order valence-electron chi connectivity index (χ0n) is 26.1. The first-order valence-corrected chi connectivity index (χ1v) is 18.0. The highest BCUT2D eigenvalue weighted by Crippen LogP contribution is 2.37. The predicted molar refractivity (Wildman–Crippen MR) is 199 cm³/mol. The second-order valence-corrected chi connectivity index (χ2v) is 15.7. The Hall–Kier alpha value is -6.46. The number of para-hydroxylation sites is 2. The summed E-state index contributed by atoms with van der Waals surface area (Å²) in [6.07, 6.45) is 0. The van der Waals surface area contributed by atoms with Gasteiger partial charge in [0.25, 0.3) is 0 Å². The van der Waals surface area contributed by atoms with Gasteiger partial charge in [-0.3, -0.25) is 0 Å². The van der Waals surface area contributed by atoms with Crippen molar-refractivity contribution in [2.45, 2.75) is 0 Å². The van der Waals surface area contributed by atoms with Gasteiger partial charge in [0.05, 0.1) is 27.8 Å². The molecule has 8 aromatic rings. The van der Waals surface area contributed by atoms with Gasteiger partial charge in [0.1, 0.15) is 12.1 Å². The van der Waals surface area contributed by atoms with Crippen molar-refractivity contribution >= 4 is 50.6 Å². The lowest BCUT2D eigenvalue weighted by Gasteiger charge is -2.34. The van der Waals surface area contributed by atoms with E-state index in [4.69, 9.17) is 0 Å². The van der Waals surface area contributed by atoms with E-state index in [-0.39, 0.29) is 0 Å². The van der Waals surface area contributed by atoms with E-state index in [0.29, 0.717) is 16.8 Å². The third-order valence-electron chi connectivity index (χ3n) is 9.46. The number of nitriles is 2. The van der Waals surface area contributed by atoms with Crippen molar-refractivity contribution in [3.8, 4) is 29.0 Å². The average molecular weight is 628 g/mol. The number of hydrogen-bond donors (Lipinski definition) is 0. The van der Waals surface area contributed by atoms with Gasteiger partial charge in [0.2, 0.25) is 0 Å². The Morgan fingerprint density at radius 1 is 0.417 bits per heavy atom. The van der Waals surface area contributed by atoms with E-state index in [1.807, 2.05) is 36.4 Å². The maximum Gasteiger partial charge on any atom is 0.179 e. The molecule has 4 heteroatoms. The Balaban J connectivity index is 1.36. The summed E-state index contributed by atoms with van der Waals surface area (Å²) in [5.41, 5.74) is 5.20. The lowest BCUT2D eigenvalue weighted by atomic mass is 9.96. The van der Waals surface area contributed by atoms with Crippen molar-refractivity contribution in [1.82, 2.24) is 4.57 Å². The highest BCUT2D eigenvalue weighted by molar-refractivity contribution is 7.19. The number of aromatic nitrogens is 1. The quantitative estimate of drug-likeness (QED) is 0.141. The van der Waals surface area contributed by atoms with Gasteiger partial charge in [-0.2, -0.15) is 10.5 Å². The highest BCUT2D eigenvalue weighted by Gasteiger charge is 2.41. The van der Waals surface area contributed by atoms with Crippen molar-refractivity contribution in [3.05, 3.63) is 187 Å². The summed E-state index contributed by atoms with van der Waals surface area (Å²) in [7, 11) is -2.69. The van der Waals surface area contributed by atoms with Crippen LogP contribution >= 0.6 is 0 Å². The van der Waals surface area contributed by atoms with E-state index in [9.17, 15) is 10.5 Å². The smallest absolute Gasteiger partial charge is 0.179 e. The molecule has 0 amide bonds. The predicted octanol–water partition coefficient (Wildman–Crippen LogP) is 7.57. The van der Waals surface area contributed by atoms with Crippen LogP contribution in [0.2, 0.25) is 0 Å². The SMILES string of the molecule is N#Cc1ccc(-c2ccc([Si](c3ccccc3)(c3ccccc3)c3ccccc3)cc2)c(C#N)c1-n1c2ccccc2c2ccccc21. The van der Waals surface area contributed by atoms with Crippen molar-refractivity contribution in [1.29, 1.82) is 10.5 Å². The normalized spacial score (nSPS) is 11.3. The van der Waals surface area contributed by atoms with Crippen LogP contribution in [0.25, 0.3) is 38.6 Å². The summed E-state index contributed by atoms with van der Waals surface area (Å²) in [6, 6.07) is 66.3. The number of rotatable bonds is 6. The molecule has 0 fully saturated rings. The Labute approximate surface area is 280 Å². The molecule has 3 nitrogen and oxygen atoms in total. The first-order chi connectivity index (χ1) is 23.8. The average Bonchev–Trinajstić information content (AvgIpc) is 3.50. The monoisotopic (exact) mass is 627 g/mol. The van der Waals surface area contributed by atoms with Crippen LogP contribution in [0.15, 0.2) is 176 Å². The summed E-state index contributed by atoms with van der Waals surface area (Å²) in [5, 5.41) is 28.4. The van der Waals surface area contributed by atoms with Crippen LogP contribution in [-0.2, 0) is 0 Å². The van der Waals surface area contributed by atoms with Crippen LogP contribution in [0.3, 0.4) is 0 Å². The molecule has 0 spiro atoms. The number of nitrogens with zero attached hydrogens (tertiary/aromatic N) is 3. The molecule has 0 unspecified atom stereocenters. The van der Waals surface area contributed by atoms with Crippen LogP contribution in [0.4, 0.5) is 0 Å². The molecule has 0 N–H and O–H groups in total. The molecule has 0 saturated carbocycles. The van der Waals surface area contributed by atoms with Gasteiger partial charge in [0.15, 0.2) is 8.07 Å². The largest absolute Gasteiger partial charge is 0.307 e. The Morgan fingerprint density at radius 3 is 1.31 bits per heavy atom. The topological polar surface area (TPSA) is 52.5 Å². The highest BCUT2D eigenvalue weighted by atomic mass is 28.3. The fourth-order valence-corrected chi connectivity index (χ4v) is 12.1. The van der Waals surface area contributed by atoms with Crippen molar-refractivity contribution < 1.29 is 0 Å². The van der Waals surface area contributed by atoms with E-state index < -0.39 is 8.07 Å². The molecule has 0 aliphatic heterocycles. The molecule has 0 aliphatic rings. The second kappa shape index (κ2) is 12.0. The van der Waals surface area contributed by atoms with Crippen molar-refractivity contribution in [3.63, 3.8) is 0 Å². The second-order valence-electron chi connectivity index (χ2n) is 11.9. The lowest BCUT2D eigenvalue weighted by Crippen LogP contribution is -2.74. The first-order valence-electron chi connectivity index (χ1n) is 16.0. The molecule has 0 aliphatic carbocycles. The minimum atomic E-state index is -2.69. The molecular formula is C44H29N3Si. The maximum atomic E-state index is 10.8. The van der Waals surface area contributed by atoms with Crippen LogP contribution in [0.1, 0.15) is 11.1 Å². The standard InChI is InChI=1S/C44H29N3Si/c45-30-33-26-29-38(41(31-46)44(33)47-42-22-12-10-20-39(42)40-21-11-13-23-43(40)47)32-24-27-37(28-25-32)48(34-14-4-1-5-15-34,35-16-6-2-7-17-35)36-18-8-3-9-19-36/h1-29H. The third-order valence-corrected chi connectivity index (χ3v) is 14.3. The zero-order chi connectivity index (χ0) is 32.5. The Bertz CT molecular complexity index is 2350. The fraction of sp³-hybridized carbons (Fsp3) is 0. The molecule has 0 bridgehead atoms. The summed E-state index contributed by atoms with van der Waals surface area (Å²) in [6.45, 7) is 0. The number of fused-ring (bicyclic) bond motifs is 3. The number of hydrogen-bond acceptors (Lipinski definition) is 2. The first kappa shape index (κ1) is 29.0. The molecular weight excluding hydrogens is 599 g/mol. The molecule has 224 valence electrons. The number of benzene rings is 7.